The molecular weight excluding hydrogens is 438 g/mol. The van der Waals surface area contributed by atoms with Gasteiger partial charge < -0.3 is 25.0 Å². The molecule has 34 heavy (non-hydrogen) atoms. The van der Waals surface area contributed by atoms with Crippen LogP contribution in [-0.4, -0.2) is 60.1 Å². The second-order valence-electron chi connectivity index (χ2n) is 9.50. The van der Waals surface area contributed by atoms with E-state index in [4.69, 9.17) is 9.47 Å². The summed E-state index contributed by atoms with van der Waals surface area (Å²) in [4.78, 5) is 51.9. The van der Waals surface area contributed by atoms with E-state index in [2.05, 4.69) is 10.6 Å². The van der Waals surface area contributed by atoms with Gasteiger partial charge in [-0.15, -0.1) is 0 Å². The first-order valence-corrected chi connectivity index (χ1v) is 11.7. The van der Waals surface area contributed by atoms with E-state index in [1.165, 1.54) is 0 Å². The predicted octanol–water partition coefficient (Wildman–Crippen LogP) is 2.93. The molecule has 1 fully saturated rings. The largest absolute Gasteiger partial charge is 0.466 e. The molecule has 0 bridgehead atoms. The van der Waals surface area contributed by atoms with E-state index in [9.17, 15) is 19.2 Å². The number of alkyl carbamates (subject to hydrolysis) is 1. The lowest BCUT2D eigenvalue weighted by Gasteiger charge is -2.32. The van der Waals surface area contributed by atoms with Crippen LogP contribution in [0.5, 0.6) is 0 Å². The van der Waals surface area contributed by atoms with E-state index in [0.29, 0.717) is 5.56 Å². The summed E-state index contributed by atoms with van der Waals surface area (Å²) < 4.78 is 10.1. The minimum Gasteiger partial charge on any atom is -0.466 e. The average molecular weight is 476 g/mol. The van der Waals surface area contributed by atoms with E-state index >= 15 is 0 Å². The van der Waals surface area contributed by atoms with Crippen LogP contribution < -0.4 is 10.6 Å². The number of ether oxygens (including phenoxy) is 2. The lowest BCUT2D eigenvalue weighted by atomic mass is 9.96. The Hall–Kier alpha value is -3.10. The van der Waals surface area contributed by atoms with Gasteiger partial charge in [0, 0.05) is 12.6 Å². The highest BCUT2D eigenvalue weighted by Gasteiger charge is 2.41. The van der Waals surface area contributed by atoms with E-state index in [1.807, 2.05) is 32.0 Å². The maximum absolute atomic E-state index is 13.4. The van der Waals surface area contributed by atoms with Crippen LogP contribution in [0.3, 0.4) is 0 Å². The molecule has 0 radical (unpaired) electrons. The van der Waals surface area contributed by atoms with Crippen LogP contribution in [0.25, 0.3) is 0 Å². The maximum atomic E-state index is 13.4. The molecule has 2 N–H and O–H groups in total. The molecule has 9 heteroatoms. The van der Waals surface area contributed by atoms with Crippen molar-refractivity contribution in [3.05, 3.63) is 34.9 Å². The first-order chi connectivity index (χ1) is 15.9. The Morgan fingerprint density at radius 3 is 2.35 bits per heavy atom. The minimum atomic E-state index is -0.886. The lowest BCUT2D eigenvalue weighted by molar-refractivity contribution is -0.144. The van der Waals surface area contributed by atoms with Crippen LogP contribution in [-0.2, 0) is 23.9 Å². The zero-order valence-corrected chi connectivity index (χ0v) is 21.0. The molecule has 1 aliphatic rings. The molecule has 0 aliphatic heterocycles. The molecule has 9 nitrogen and oxygen atoms in total. The molecule has 1 aromatic carbocycles. The van der Waals surface area contributed by atoms with Gasteiger partial charge in [0.15, 0.2) is 0 Å². The fourth-order valence-corrected chi connectivity index (χ4v) is 3.63. The number of aryl methyl sites for hydroxylation is 2. The van der Waals surface area contributed by atoms with Crippen LogP contribution in [0.4, 0.5) is 4.79 Å². The number of esters is 1. The van der Waals surface area contributed by atoms with Crippen molar-refractivity contribution in [2.75, 3.05) is 19.7 Å². The summed E-state index contributed by atoms with van der Waals surface area (Å²) in [6.07, 6.45) is 0.890. The first kappa shape index (κ1) is 27.1. The number of benzene rings is 1. The van der Waals surface area contributed by atoms with Crippen molar-refractivity contribution in [2.45, 2.75) is 78.5 Å². The Balaban J connectivity index is 2.23. The number of amides is 3. The quantitative estimate of drug-likeness (QED) is 0.503. The smallest absolute Gasteiger partial charge is 0.408 e. The molecular formula is C25H37N3O6. The molecule has 0 saturated heterocycles. The molecule has 0 heterocycles. The molecule has 188 valence electrons. The summed E-state index contributed by atoms with van der Waals surface area (Å²) in [5.41, 5.74) is 1.93. The van der Waals surface area contributed by atoms with E-state index in [1.54, 1.807) is 32.6 Å². The van der Waals surface area contributed by atoms with Gasteiger partial charge in [-0.25, -0.2) is 4.79 Å². The monoisotopic (exact) mass is 475 g/mol. The Labute approximate surface area is 201 Å². The SMILES string of the molecule is CCOC(=O)CCNC(=O)C(c1ccc(C)cc1C)N(C(=O)CNC(=O)OC(C)(C)C)C1CC1. The summed E-state index contributed by atoms with van der Waals surface area (Å²) in [6.45, 7) is 10.9. The van der Waals surface area contributed by atoms with Crippen molar-refractivity contribution in [1.29, 1.82) is 0 Å². The van der Waals surface area contributed by atoms with Crippen LogP contribution >= 0.6 is 0 Å². The number of carbonyl (C=O) groups excluding carboxylic acids is 4. The van der Waals surface area contributed by atoms with Crippen molar-refractivity contribution >= 4 is 23.9 Å². The first-order valence-electron chi connectivity index (χ1n) is 11.7. The summed E-state index contributed by atoms with van der Waals surface area (Å²) >= 11 is 0. The third kappa shape index (κ3) is 8.35. The summed E-state index contributed by atoms with van der Waals surface area (Å²) in [5, 5.41) is 5.28. The zero-order chi connectivity index (χ0) is 25.5. The molecule has 1 aliphatic carbocycles. The van der Waals surface area contributed by atoms with Crippen molar-refractivity contribution in [3.63, 3.8) is 0 Å². The summed E-state index contributed by atoms with van der Waals surface area (Å²) in [7, 11) is 0. The number of carbonyl (C=O) groups is 4. The molecule has 0 spiro atoms. The topological polar surface area (TPSA) is 114 Å². The highest BCUT2D eigenvalue weighted by Crippen LogP contribution is 2.36. The Bertz CT molecular complexity index is 904. The number of nitrogens with one attached hydrogen (secondary N) is 2. The molecule has 1 atom stereocenters. The maximum Gasteiger partial charge on any atom is 0.408 e. The standard InChI is InChI=1S/C25H37N3O6/c1-7-33-21(30)12-13-26-23(31)22(19-11-8-16(2)14-17(19)3)28(18-9-10-18)20(29)15-27-24(32)34-25(4,5)6/h8,11,14,18,22H,7,9-10,12-13,15H2,1-6H3,(H,26,31)(H,27,32). The van der Waals surface area contributed by atoms with Crippen molar-refractivity contribution < 1.29 is 28.7 Å². The second-order valence-corrected chi connectivity index (χ2v) is 9.50. The van der Waals surface area contributed by atoms with Crippen molar-refractivity contribution in [2.24, 2.45) is 0 Å². The molecule has 1 aromatic rings. The third-order valence-corrected chi connectivity index (χ3v) is 5.19. The van der Waals surface area contributed by atoms with Crippen LogP contribution in [0.2, 0.25) is 0 Å². The third-order valence-electron chi connectivity index (χ3n) is 5.19. The fraction of sp³-hybridized carbons (Fsp3) is 0.600. The van der Waals surface area contributed by atoms with Gasteiger partial charge >= 0.3 is 12.1 Å². The Kier molecular flexibility index (Phi) is 9.46. The van der Waals surface area contributed by atoms with Gasteiger partial charge in [0.25, 0.3) is 0 Å². The zero-order valence-electron chi connectivity index (χ0n) is 21.0. The van der Waals surface area contributed by atoms with Gasteiger partial charge in [0.05, 0.1) is 13.0 Å². The summed E-state index contributed by atoms with van der Waals surface area (Å²) in [5.74, 6) is -1.16. The normalized spacial score (nSPS) is 14.1. The average Bonchev–Trinajstić information content (AvgIpc) is 3.54. The van der Waals surface area contributed by atoms with Gasteiger partial charge in [-0.1, -0.05) is 23.8 Å². The van der Waals surface area contributed by atoms with Crippen molar-refractivity contribution in [1.82, 2.24) is 15.5 Å². The van der Waals surface area contributed by atoms with Gasteiger partial charge in [-0.05, 0) is 65.5 Å². The van der Waals surface area contributed by atoms with Crippen LogP contribution in [0.15, 0.2) is 18.2 Å². The highest BCUT2D eigenvalue weighted by molar-refractivity contribution is 5.91. The highest BCUT2D eigenvalue weighted by atomic mass is 16.6. The van der Waals surface area contributed by atoms with E-state index in [-0.39, 0.29) is 44.0 Å². The van der Waals surface area contributed by atoms with E-state index < -0.39 is 23.7 Å². The van der Waals surface area contributed by atoms with Crippen LogP contribution in [0.1, 0.15) is 69.7 Å². The minimum absolute atomic E-state index is 0.0384. The van der Waals surface area contributed by atoms with Gasteiger partial charge in [0.2, 0.25) is 11.8 Å². The summed E-state index contributed by atoms with van der Waals surface area (Å²) in [6, 6.07) is 4.72. The Morgan fingerprint density at radius 1 is 1.12 bits per heavy atom. The number of hydrogen-bond acceptors (Lipinski definition) is 6. The lowest BCUT2D eigenvalue weighted by Crippen LogP contribution is -2.49. The Morgan fingerprint density at radius 2 is 1.79 bits per heavy atom. The van der Waals surface area contributed by atoms with Gasteiger partial charge in [-0.2, -0.15) is 0 Å². The molecule has 1 saturated carbocycles. The van der Waals surface area contributed by atoms with Gasteiger partial charge in [-0.3, -0.25) is 14.4 Å². The predicted molar refractivity (Wildman–Crippen MR) is 127 cm³/mol. The van der Waals surface area contributed by atoms with E-state index in [0.717, 1.165) is 24.0 Å². The number of rotatable bonds is 10. The molecule has 3 amide bonds. The number of nitrogens with zero attached hydrogens (tertiary/aromatic N) is 1. The molecule has 2 rings (SSSR count). The van der Waals surface area contributed by atoms with Crippen molar-refractivity contribution in [3.8, 4) is 0 Å². The van der Waals surface area contributed by atoms with Gasteiger partial charge in [0.1, 0.15) is 18.2 Å². The molecule has 1 unspecified atom stereocenters. The van der Waals surface area contributed by atoms with Crippen LogP contribution in [0, 0.1) is 13.8 Å². The fourth-order valence-electron chi connectivity index (χ4n) is 3.63. The number of hydrogen-bond donors (Lipinski definition) is 2. The second kappa shape index (κ2) is 11.9. The molecule has 0 aromatic heterocycles.